The summed E-state index contributed by atoms with van der Waals surface area (Å²) >= 11 is 0. The Balaban J connectivity index is 1.92. The number of carboxylic acid groups (broad SMARTS) is 1. The van der Waals surface area contributed by atoms with Gasteiger partial charge in [0.25, 0.3) is 0 Å². The van der Waals surface area contributed by atoms with E-state index in [0.29, 0.717) is 6.54 Å². The first-order valence-electron chi connectivity index (χ1n) is 6.82. The van der Waals surface area contributed by atoms with Gasteiger partial charge in [-0.15, -0.1) is 0 Å². The van der Waals surface area contributed by atoms with Crippen molar-refractivity contribution in [2.45, 2.75) is 20.3 Å². The quantitative estimate of drug-likeness (QED) is 0.900. The van der Waals surface area contributed by atoms with Gasteiger partial charge in [-0.05, 0) is 31.0 Å². The van der Waals surface area contributed by atoms with Gasteiger partial charge in [0.1, 0.15) is 0 Å². The van der Waals surface area contributed by atoms with Gasteiger partial charge < -0.3 is 10.0 Å². The van der Waals surface area contributed by atoms with Gasteiger partial charge in [-0.1, -0.05) is 12.1 Å². The lowest BCUT2D eigenvalue weighted by Crippen LogP contribution is -2.47. The van der Waals surface area contributed by atoms with E-state index in [9.17, 15) is 4.79 Å². The molecule has 4 heteroatoms. The van der Waals surface area contributed by atoms with Gasteiger partial charge in [0, 0.05) is 38.4 Å². The van der Waals surface area contributed by atoms with E-state index in [1.54, 1.807) is 0 Å². The molecule has 0 bridgehead atoms. The molecule has 0 amide bonds. The van der Waals surface area contributed by atoms with E-state index in [4.69, 9.17) is 5.11 Å². The van der Waals surface area contributed by atoms with Gasteiger partial charge in [0.2, 0.25) is 0 Å². The molecular formula is C15H22N2O2. The van der Waals surface area contributed by atoms with Crippen molar-refractivity contribution in [3.05, 3.63) is 29.3 Å². The number of nitrogens with zero attached hydrogens (tertiary/aromatic N) is 2. The zero-order valence-electron chi connectivity index (χ0n) is 11.7. The number of anilines is 1. The molecular weight excluding hydrogens is 240 g/mol. The van der Waals surface area contributed by atoms with Crippen molar-refractivity contribution in [2.24, 2.45) is 0 Å². The van der Waals surface area contributed by atoms with Crippen molar-refractivity contribution in [1.29, 1.82) is 0 Å². The molecule has 1 aromatic carbocycles. The molecule has 0 unspecified atom stereocenters. The van der Waals surface area contributed by atoms with Crippen molar-refractivity contribution in [3.63, 3.8) is 0 Å². The highest BCUT2D eigenvalue weighted by Gasteiger charge is 2.18. The number of hydrogen-bond acceptors (Lipinski definition) is 3. The number of aryl methyl sites for hydroxylation is 2. The van der Waals surface area contributed by atoms with E-state index in [1.165, 1.54) is 16.8 Å². The zero-order valence-corrected chi connectivity index (χ0v) is 11.7. The van der Waals surface area contributed by atoms with Gasteiger partial charge in [-0.25, -0.2) is 0 Å². The highest BCUT2D eigenvalue weighted by Crippen LogP contribution is 2.22. The maximum atomic E-state index is 10.6. The van der Waals surface area contributed by atoms with Crippen LogP contribution in [0.4, 0.5) is 5.69 Å². The third kappa shape index (κ3) is 3.70. The molecule has 104 valence electrons. The molecule has 1 aliphatic heterocycles. The first-order valence-corrected chi connectivity index (χ1v) is 6.82. The molecule has 2 rings (SSSR count). The minimum atomic E-state index is -0.711. The van der Waals surface area contributed by atoms with Crippen LogP contribution in [0.3, 0.4) is 0 Å². The average Bonchev–Trinajstić information content (AvgIpc) is 2.40. The van der Waals surface area contributed by atoms with Crippen LogP contribution in [0.1, 0.15) is 17.5 Å². The molecule has 1 aliphatic rings. The molecule has 0 saturated carbocycles. The molecule has 1 saturated heterocycles. The van der Waals surface area contributed by atoms with Crippen LogP contribution in [-0.2, 0) is 4.79 Å². The first kappa shape index (κ1) is 13.9. The second kappa shape index (κ2) is 6.06. The Morgan fingerprint density at radius 2 is 1.89 bits per heavy atom. The van der Waals surface area contributed by atoms with Gasteiger partial charge in [0.05, 0.1) is 6.42 Å². The monoisotopic (exact) mass is 262 g/mol. The highest BCUT2D eigenvalue weighted by atomic mass is 16.4. The Kier molecular flexibility index (Phi) is 4.43. The van der Waals surface area contributed by atoms with E-state index in [1.807, 2.05) is 0 Å². The van der Waals surface area contributed by atoms with Crippen LogP contribution in [0, 0.1) is 13.8 Å². The largest absolute Gasteiger partial charge is 0.481 e. The van der Waals surface area contributed by atoms with Crippen LogP contribution in [-0.4, -0.2) is 48.7 Å². The third-order valence-electron chi connectivity index (χ3n) is 3.72. The summed E-state index contributed by atoms with van der Waals surface area (Å²) < 4.78 is 0. The predicted octanol–water partition coefficient (Wildman–Crippen LogP) is 1.90. The second-order valence-corrected chi connectivity index (χ2v) is 5.26. The Bertz CT molecular complexity index is 451. The van der Waals surface area contributed by atoms with Gasteiger partial charge in [-0.3, -0.25) is 9.69 Å². The summed E-state index contributed by atoms with van der Waals surface area (Å²) in [5.74, 6) is -0.711. The van der Waals surface area contributed by atoms with Crippen LogP contribution >= 0.6 is 0 Å². The summed E-state index contributed by atoms with van der Waals surface area (Å²) in [6.45, 7) is 8.77. The summed E-state index contributed by atoms with van der Waals surface area (Å²) in [6.07, 6.45) is 0.240. The van der Waals surface area contributed by atoms with Crippen LogP contribution < -0.4 is 4.90 Å². The maximum absolute atomic E-state index is 10.6. The van der Waals surface area contributed by atoms with Crippen LogP contribution in [0.15, 0.2) is 18.2 Å². The van der Waals surface area contributed by atoms with Crippen molar-refractivity contribution < 1.29 is 9.90 Å². The highest BCUT2D eigenvalue weighted by molar-refractivity contribution is 5.66. The summed E-state index contributed by atoms with van der Waals surface area (Å²) in [7, 11) is 0. The number of aliphatic carboxylic acids is 1. The Hall–Kier alpha value is -1.55. The van der Waals surface area contributed by atoms with E-state index in [-0.39, 0.29) is 6.42 Å². The van der Waals surface area contributed by atoms with E-state index >= 15 is 0 Å². The van der Waals surface area contributed by atoms with E-state index in [0.717, 1.165) is 26.2 Å². The predicted molar refractivity (Wildman–Crippen MR) is 76.8 cm³/mol. The molecule has 0 aliphatic carbocycles. The average molecular weight is 262 g/mol. The number of piperazine rings is 1. The molecule has 1 aromatic rings. The van der Waals surface area contributed by atoms with Crippen molar-refractivity contribution in [1.82, 2.24) is 4.90 Å². The zero-order chi connectivity index (χ0) is 13.8. The van der Waals surface area contributed by atoms with Gasteiger partial charge in [0.15, 0.2) is 0 Å². The Labute approximate surface area is 114 Å². The maximum Gasteiger partial charge on any atom is 0.304 e. The minimum Gasteiger partial charge on any atom is -0.481 e. The topological polar surface area (TPSA) is 43.8 Å². The summed E-state index contributed by atoms with van der Waals surface area (Å²) in [5.41, 5.74) is 3.91. The van der Waals surface area contributed by atoms with Crippen molar-refractivity contribution >= 4 is 11.7 Å². The molecule has 0 atom stereocenters. The number of benzene rings is 1. The fourth-order valence-corrected chi connectivity index (χ4v) is 2.53. The van der Waals surface area contributed by atoms with Crippen LogP contribution in [0.2, 0.25) is 0 Å². The lowest BCUT2D eigenvalue weighted by Gasteiger charge is -2.36. The Morgan fingerprint density at radius 1 is 1.21 bits per heavy atom. The van der Waals surface area contributed by atoms with Crippen LogP contribution in [0.25, 0.3) is 0 Å². The summed E-state index contributed by atoms with van der Waals surface area (Å²) in [4.78, 5) is 15.2. The molecule has 1 N–H and O–H groups in total. The SMILES string of the molecule is Cc1ccc(C)c(N2CCN(CCC(=O)O)CC2)c1. The fraction of sp³-hybridized carbons (Fsp3) is 0.533. The molecule has 1 fully saturated rings. The van der Waals surface area contributed by atoms with E-state index in [2.05, 4.69) is 41.8 Å². The summed E-state index contributed by atoms with van der Waals surface area (Å²) in [6, 6.07) is 6.55. The molecule has 4 nitrogen and oxygen atoms in total. The molecule has 1 heterocycles. The van der Waals surface area contributed by atoms with Gasteiger partial charge >= 0.3 is 5.97 Å². The van der Waals surface area contributed by atoms with Crippen molar-refractivity contribution in [2.75, 3.05) is 37.6 Å². The Morgan fingerprint density at radius 3 is 2.53 bits per heavy atom. The number of carbonyl (C=O) groups is 1. The summed E-state index contributed by atoms with van der Waals surface area (Å²) in [5, 5.41) is 8.70. The normalized spacial score (nSPS) is 16.6. The van der Waals surface area contributed by atoms with E-state index < -0.39 is 5.97 Å². The van der Waals surface area contributed by atoms with Crippen molar-refractivity contribution in [3.8, 4) is 0 Å². The second-order valence-electron chi connectivity index (χ2n) is 5.26. The standard InChI is InChI=1S/C15H22N2O2/c1-12-3-4-13(2)14(11-12)17-9-7-16(8-10-17)6-5-15(18)19/h3-4,11H,5-10H2,1-2H3,(H,18,19). The first-order chi connectivity index (χ1) is 9.06. The lowest BCUT2D eigenvalue weighted by atomic mass is 10.1. The minimum absolute atomic E-state index is 0.240. The fourth-order valence-electron chi connectivity index (χ4n) is 2.53. The molecule has 19 heavy (non-hydrogen) atoms. The number of carboxylic acids is 1. The third-order valence-corrected chi connectivity index (χ3v) is 3.72. The molecule has 0 aromatic heterocycles. The smallest absolute Gasteiger partial charge is 0.304 e. The van der Waals surface area contributed by atoms with Crippen LogP contribution in [0.5, 0.6) is 0 Å². The molecule has 0 spiro atoms. The molecule has 0 radical (unpaired) electrons. The lowest BCUT2D eigenvalue weighted by molar-refractivity contribution is -0.137. The number of hydrogen-bond donors (Lipinski definition) is 1. The van der Waals surface area contributed by atoms with Gasteiger partial charge in [-0.2, -0.15) is 0 Å². The number of rotatable bonds is 4.